The molecule has 0 fully saturated rings. The molecule has 1 heterocycles. The van der Waals surface area contributed by atoms with Crippen LogP contribution in [0.4, 0.5) is 0 Å². The third-order valence-corrected chi connectivity index (χ3v) is 3.31. The van der Waals surface area contributed by atoms with Gasteiger partial charge in [-0.15, -0.1) is 0 Å². The summed E-state index contributed by atoms with van der Waals surface area (Å²) in [5, 5.41) is 12.8. The Balaban J connectivity index is 1.99. The number of benzene rings is 1. The number of aliphatic hydroxyl groups excluding tert-OH is 1. The molecule has 20 heavy (non-hydrogen) atoms. The second kappa shape index (κ2) is 6.30. The molecule has 104 valence electrons. The van der Waals surface area contributed by atoms with Gasteiger partial charge in [-0.25, -0.2) is 0 Å². The standard InChI is InChI=1S/C16H18N2O2/c1-11-3-4-14(9-12(11)2)15(19)16(20)18-10-13-5-7-17-8-6-13/h3-9,15,19H,10H2,1-2H3,(H,18,20). The van der Waals surface area contributed by atoms with Crippen LogP contribution >= 0.6 is 0 Å². The minimum Gasteiger partial charge on any atom is -0.378 e. The summed E-state index contributed by atoms with van der Waals surface area (Å²) in [5.41, 5.74) is 3.75. The van der Waals surface area contributed by atoms with Crippen molar-refractivity contribution >= 4 is 5.91 Å². The van der Waals surface area contributed by atoms with Crippen LogP contribution in [0, 0.1) is 13.8 Å². The molecule has 0 aliphatic carbocycles. The highest BCUT2D eigenvalue weighted by atomic mass is 16.3. The first-order chi connectivity index (χ1) is 9.58. The van der Waals surface area contributed by atoms with Crippen molar-refractivity contribution in [3.05, 3.63) is 65.0 Å². The van der Waals surface area contributed by atoms with Crippen LogP contribution in [-0.2, 0) is 11.3 Å². The summed E-state index contributed by atoms with van der Waals surface area (Å²) in [6.45, 7) is 4.33. The average molecular weight is 270 g/mol. The fourth-order valence-corrected chi connectivity index (χ4v) is 1.87. The summed E-state index contributed by atoms with van der Waals surface area (Å²) in [6, 6.07) is 9.17. The number of hydrogen-bond donors (Lipinski definition) is 2. The largest absolute Gasteiger partial charge is 0.378 e. The molecule has 4 heteroatoms. The number of carbonyl (C=O) groups is 1. The van der Waals surface area contributed by atoms with Gasteiger partial charge in [0.2, 0.25) is 0 Å². The highest BCUT2D eigenvalue weighted by Crippen LogP contribution is 2.17. The van der Waals surface area contributed by atoms with Gasteiger partial charge in [0.05, 0.1) is 0 Å². The van der Waals surface area contributed by atoms with Crippen LogP contribution in [0.2, 0.25) is 0 Å². The molecule has 2 N–H and O–H groups in total. The van der Waals surface area contributed by atoms with Gasteiger partial charge < -0.3 is 10.4 Å². The normalized spacial score (nSPS) is 11.9. The van der Waals surface area contributed by atoms with Crippen molar-refractivity contribution in [3.63, 3.8) is 0 Å². The van der Waals surface area contributed by atoms with E-state index in [1.807, 2.05) is 38.1 Å². The highest BCUT2D eigenvalue weighted by molar-refractivity contribution is 5.81. The lowest BCUT2D eigenvalue weighted by atomic mass is 10.0. The number of amides is 1. The molecule has 0 saturated carbocycles. The number of carbonyl (C=O) groups excluding carboxylic acids is 1. The van der Waals surface area contributed by atoms with Crippen LogP contribution in [0.5, 0.6) is 0 Å². The van der Waals surface area contributed by atoms with Gasteiger partial charge in [0.15, 0.2) is 6.10 Å². The zero-order valence-electron chi connectivity index (χ0n) is 11.6. The lowest BCUT2D eigenvalue weighted by Gasteiger charge is -2.13. The Morgan fingerprint density at radius 3 is 2.55 bits per heavy atom. The Morgan fingerprint density at radius 1 is 1.20 bits per heavy atom. The summed E-state index contributed by atoms with van der Waals surface area (Å²) < 4.78 is 0. The predicted octanol–water partition coefficient (Wildman–Crippen LogP) is 2.05. The molecular weight excluding hydrogens is 252 g/mol. The molecule has 4 nitrogen and oxygen atoms in total. The van der Waals surface area contributed by atoms with Gasteiger partial charge in [0.25, 0.3) is 5.91 Å². The number of rotatable bonds is 4. The van der Waals surface area contributed by atoms with Crippen molar-refractivity contribution in [1.82, 2.24) is 10.3 Å². The maximum Gasteiger partial charge on any atom is 0.253 e. The molecule has 2 rings (SSSR count). The zero-order chi connectivity index (χ0) is 14.5. The van der Waals surface area contributed by atoms with Crippen LogP contribution in [0.1, 0.15) is 28.4 Å². The maximum absolute atomic E-state index is 11.9. The van der Waals surface area contributed by atoms with E-state index in [-0.39, 0.29) is 0 Å². The molecule has 0 aliphatic rings. The first-order valence-corrected chi connectivity index (χ1v) is 6.50. The van der Waals surface area contributed by atoms with Crippen molar-refractivity contribution in [2.24, 2.45) is 0 Å². The van der Waals surface area contributed by atoms with E-state index in [9.17, 15) is 9.90 Å². The monoisotopic (exact) mass is 270 g/mol. The van der Waals surface area contributed by atoms with Crippen LogP contribution < -0.4 is 5.32 Å². The minimum atomic E-state index is -1.14. The SMILES string of the molecule is Cc1ccc(C(O)C(=O)NCc2ccncc2)cc1C. The Kier molecular flexibility index (Phi) is 4.48. The van der Waals surface area contributed by atoms with Crippen LogP contribution in [0.3, 0.4) is 0 Å². The van der Waals surface area contributed by atoms with E-state index in [1.165, 1.54) is 0 Å². The molecule has 1 unspecified atom stereocenters. The van der Waals surface area contributed by atoms with Gasteiger partial charge in [-0.1, -0.05) is 18.2 Å². The Labute approximate surface area is 118 Å². The third kappa shape index (κ3) is 3.42. The van der Waals surface area contributed by atoms with E-state index in [0.29, 0.717) is 12.1 Å². The van der Waals surface area contributed by atoms with E-state index >= 15 is 0 Å². The topological polar surface area (TPSA) is 62.2 Å². The van der Waals surface area contributed by atoms with Crippen LogP contribution in [0.15, 0.2) is 42.7 Å². The first-order valence-electron chi connectivity index (χ1n) is 6.50. The van der Waals surface area contributed by atoms with Gasteiger partial charge in [-0.05, 0) is 48.2 Å². The first kappa shape index (κ1) is 14.2. The van der Waals surface area contributed by atoms with Crippen LogP contribution in [-0.4, -0.2) is 16.0 Å². The zero-order valence-corrected chi connectivity index (χ0v) is 11.6. The number of nitrogens with one attached hydrogen (secondary N) is 1. The summed E-state index contributed by atoms with van der Waals surface area (Å²) in [5.74, 6) is -0.398. The molecular formula is C16H18N2O2. The fourth-order valence-electron chi connectivity index (χ4n) is 1.87. The minimum absolute atomic E-state index is 0.378. The van der Waals surface area contributed by atoms with E-state index in [0.717, 1.165) is 16.7 Å². The quantitative estimate of drug-likeness (QED) is 0.893. The molecule has 1 amide bonds. The number of pyridine rings is 1. The lowest BCUT2D eigenvalue weighted by Crippen LogP contribution is -2.28. The van der Waals surface area contributed by atoms with Crippen molar-refractivity contribution in [3.8, 4) is 0 Å². The third-order valence-electron chi connectivity index (χ3n) is 3.31. The second-order valence-corrected chi connectivity index (χ2v) is 4.82. The second-order valence-electron chi connectivity index (χ2n) is 4.82. The highest BCUT2D eigenvalue weighted by Gasteiger charge is 2.17. The molecule has 0 radical (unpaired) electrons. The maximum atomic E-state index is 11.9. The average Bonchev–Trinajstić information content (AvgIpc) is 2.48. The molecule has 1 aromatic carbocycles. The van der Waals surface area contributed by atoms with Crippen molar-refractivity contribution < 1.29 is 9.90 Å². The molecule has 0 bridgehead atoms. The molecule has 2 aromatic rings. The lowest BCUT2D eigenvalue weighted by molar-refractivity contribution is -0.129. The predicted molar refractivity (Wildman–Crippen MR) is 77.0 cm³/mol. The Hall–Kier alpha value is -2.20. The molecule has 0 saturated heterocycles. The number of aliphatic hydroxyl groups is 1. The fraction of sp³-hybridized carbons (Fsp3) is 0.250. The van der Waals surface area contributed by atoms with Crippen molar-refractivity contribution in [1.29, 1.82) is 0 Å². The summed E-state index contributed by atoms with van der Waals surface area (Å²) in [7, 11) is 0. The van der Waals surface area contributed by atoms with Crippen molar-refractivity contribution in [2.45, 2.75) is 26.5 Å². The van der Waals surface area contributed by atoms with Gasteiger partial charge in [-0.2, -0.15) is 0 Å². The van der Waals surface area contributed by atoms with E-state index in [2.05, 4.69) is 10.3 Å². The Bertz CT molecular complexity index is 597. The molecule has 0 spiro atoms. The number of hydrogen-bond acceptors (Lipinski definition) is 3. The smallest absolute Gasteiger partial charge is 0.253 e. The molecule has 1 atom stereocenters. The van der Waals surface area contributed by atoms with Gasteiger partial charge in [-0.3, -0.25) is 9.78 Å². The van der Waals surface area contributed by atoms with E-state index < -0.39 is 12.0 Å². The molecule has 1 aromatic heterocycles. The van der Waals surface area contributed by atoms with Gasteiger partial charge in [0.1, 0.15) is 0 Å². The summed E-state index contributed by atoms with van der Waals surface area (Å²) in [4.78, 5) is 15.8. The van der Waals surface area contributed by atoms with E-state index in [4.69, 9.17) is 0 Å². The van der Waals surface area contributed by atoms with E-state index in [1.54, 1.807) is 18.5 Å². The molecule has 0 aliphatic heterocycles. The summed E-state index contributed by atoms with van der Waals surface area (Å²) >= 11 is 0. The van der Waals surface area contributed by atoms with Gasteiger partial charge in [0, 0.05) is 18.9 Å². The van der Waals surface area contributed by atoms with Crippen molar-refractivity contribution in [2.75, 3.05) is 0 Å². The van der Waals surface area contributed by atoms with Crippen LogP contribution in [0.25, 0.3) is 0 Å². The number of nitrogens with zero attached hydrogens (tertiary/aromatic N) is 1. The number of aryl methyl sites for hydroxylation is 2. The van der Waals surface area contributed by atoms with Gasteiger partial charge >= 0.3 is 0 Å². The number of aromatic nitrogens is 1. The Morgan fingerprint density at radius 2 is 1.90 bits per heavy atom. The summed E-state index contributed by atoms with van der Waals surface area (Å²) in [6.07, 6.45) is 2.19.